The third-order valence-electron chi connectivity index (χ3n) is 6.93. The molecule has 4 N–H and O–H groups in total. The number of phosphoric acid groups is 1. The van der Waals surface area contributed by atoms with E-state index in [1.807, 2.05) is 19.1 Å². The number of phosphoric ester groups is 1. The zero-order valence-corrected chi connectivity index (χ0v) is 23.8. The fraction of sp³-hybridized carbons (Fsp3) is 0.538. The highest BCUT2D eigenvalue weighted by Gasteiger charge is 2.36. The number of aryl methyl sites for hydroxylation is 1. The Bertz CT molecular complexity index is 1270. The van der Waals surface area contributed by atoms with Crippen molar-refractivity contribution in [1.29, 1.82) is 0 Å². The number of nitrogens with one attached hydrogen (secondary N) is 2. The molecule has 11 nitrogen and oxygen atoms in total. The summed E-state index contributed by atoms with van der Waals surface area (Å²) in [6, 6.07) is 8.19. The molecular weight excluding hydrogens is 566 g/mol. The molecular formula is C26H35F3N5O6P. The lowest BCUT2D eigenvalue weighted by Crippen LogP contribution is -2.37. The number of benzene rings is 1. The van der Waals surface area contributed by atoms with E-state index in [0.717, 1.165) is 16.7 Å². The van der Waals surface area contributed by atoms with Crippen LogP contribution < -0.4 is 15.5 Å². The van der Waals surface area contributed by atoms with Crippen molar-refractivity contribution >= 4 is 31.2 Å². The van der Waals surface area contributed by atoms with Gasteiger partial charge in [-0.05, 0) is 67.1 Å². The summed E-state index contributed by atoms with van der Waals surface area (Å²) in [5, 5.41) is 5.95. The molecule has 1 aromatic carbocycles. The number of carbonyl (C=O) groups excluding carboxylic acids is 1. The van der Waals surface area contributed by atoms with Gasteiger partial charge < -0.3 is 35.0 Å². The van der Waals surface area contributed by atoms with Gasteiger partial charge in [-0.15, -0.1) is 0 Å². The molecule has 0 aliphatic carbocycles. The monoisotopic (exact) mass is 601 g/mol. The van der Waals surface area contributed by atoms with Gasteiger partial charge in [0, 0.05) is 44.3 Å². The lowest BCUT2D eigenvalue weighted by atomic mass is 10.00. The van der Waals surface area contributed by atoms with Gasteiger partial charge in [-0.25, -0.2) is 14.3 Å². The molecule has 2 aromatic rings. The Morgan fingerprint density at radius 3 is 2.63 bits per heavy atom. The van der Waals surface area contributed by atoms with Gasteiger partial charge in [-0.1, -0.05) is 6.07 Å². The van der Waals surface area contributed by atoms with Crippen LogP contribution in [-0.4, -0.2) is 83.9 Å². The number of ether oxygens (including phenoxy) is 1. The average Bonchev–Trinajstić information content (AvgIpc) is 3.35. The number of likely N-dealkylation sites (tertiary alicyclic amines) is 1. The second-order valence-corrected chi connectivity index (χ2v) is 11.6. The molecule has 0 saturated carbocycles. The summed E-state index contributed by atoms with van der Waals surface area (Å²) < 4.78 is 59.6. The van der Waals surface area contributed by atoms with Crippen LogP contribution in [-0.2, 0) is 13.8 Å². The van der Waals surface area contributed by atoms with E-state index >= 15 is 0 Å². The summed E-state index contributed by atoms with van der Waals surface area (Å²) in [6.07, 6.45) is -4.86. The highest BCUT2D eigenvalue weighted by molar-refractivity contribution is 7.46. The normalized spacial score (nSPS) is 18.9. The molecule has 0 bridgehead atoms. The van der Waals surface area contributed by atoms with Gasteiger partial charge in [-0.3, -0.25) is 4.52 Å². The fourth-order valence-electron chi connectivity index (χ4n) is 4.93. The number of hydrogen-bond acceptors (Lipinski definition) is 7. The van der Waals surface area contributed by atoms with Crippen molar-refractivity contribution in [2.45, 2.75) is 38.9 Å². The molecule has 2 amide bonds. The average molecular weight is 602 g/mol. The van der Waals surface area contributed by atoms with Crippen LogP contribution >= 0.6 is 7.82 Å². The summed E-state index contributed by atoms with van der Waals surface area (Å²) in [4.78, 5) is 39.1. The zero-order chi connectivity index (χ0) is 29.8. The van der Waals surface area contributed by atoms with Gasteiger partial charge in [-0.2, -0.15) is 13.2 Å². The molecule has 2 aliphatic rings. The van der Waals surface area contributed by atoms with Gasteiger partial charge in [0.25, 0.3) is 0 Å². The van der Waals surface area contributed by atoms with Crippen molar-refractivity contribution in [3.05, 3.63) is 35.9 Å². The molecule has 41 heavy (non-hydrogen) atoms. The van der Waals surface area contributed by atoms with E-state index in [1.54, 1.807) is 25.1 Å². The molecule has 0 radical (unpaired) electrons. The molecule has 2 saturated heterocycles. The standard InChI is InChI=1S/C26H35F3N5O6P/c1-17-3-4-21(31-25(35)34-6-5-19(15-34)14-26(27,28)29)13-22(17)20-11-23(30-18(2)16-40-41(36,37)38)32-24(12-20)33-7-9-39-10-8-33/h3-4,11-13,18-19H,5-10,14-16H2,1-2H3,(H,30,32)(H,31,35)(H2,36,37,38)/t18-,19+/m1/s1. The second kappa shape index (κ2) is 13.0. The molecule has 15 heteroatoms. The van der Waals surface area contributed by atoms with E-state index in [-0.39, 0.29) is 19.7 Å². The van der Waals surface area contributed by atoms with Crippen molar-refractivity contribution in [2.75, 3.05) is 61.5 Å². The smallest absolute Gasteiger partial charge is 0.378 e. The maximum absolute atomic E-state index is 12.9. The lowest BCUT2D eigenvalue weighted by molar-refractivity contribution is -0.143. The first-order valence-corrected chi connectivity index (χ1v) is 14.8. The SMILES string of the molecule is Cc1ccc(NC(=O)N2CC[C@@H](CC(F)(F)F)C2)cc1-c1cc(N[C@H](C)COP(=O)(O)O)nc(N2CCOCC2)c1. The number of urea groups is 1. The summed E-state index contributed by atoms with van der Waals surface area (Å²) in [5.41, 5.74) is 3.00. The summed E-state index contributed by atoms with van der Waals surface area (Å²) in [7, 11) is -4.63. The van der Waals surface area contributed by atoms with Crippen LogP contribution in [0, 0.1) is 12.8 Å². The van der Waals surface area contributed by atoms with Gasteiger partial charge in [0.15, 0.2) is 0 Å². The zero-order valence-electron chi connectivity index (χ0n) is 22.9. The summed E-state index contributed by atoms with van der Waals surface area (Å²) in [5.74, 6) is 0.538. The van der Waals surface area contributed by atoms with Crippen molar-refractivity contribution in [2.24, 2.45) is 5.92 Å². The molecule has 2 aliphatic heterocycles. The van der Waals surface area contributed by atoms with Crippen LogP contribution in [0.25, 0.3) is 11.1 Å². The van der Waals surface area contributed by atoms with Crippen molar-refractivity contribution in [1.82, 2.24) is 9.88 Å². The fourth-order valence-corrected chi connectivity index (χ4v) is 5.35. The van der Waals surface area contributed by atoms with E-state index in [1.165, 1.54) is 4.90 Å². The minimum absolute atomic E-state index is 0.0519. The van der Waals surface area contributed by atoms with Crippen molar-refractivity contribution in [3.8, 4) is 11.1 Å². The number of nitrogens with zero attached hydrogens (tertiary/aromatic N) is 3. The lowest BCUT2D eigenvalue weighted by Gasteiger charge is -2.29. The Morgan fingerprint density at radius 1 is 1.22 bits per heavy atom. The van der Waals surface area contributed by atoms with Crippen LogP contribution in [0.3, 0.4) is 0 Å². The van der Waals surface area contributed by atoms with Gasteiger partial charge in [0.05, 0.1) is 19.8 Å². The summed E-state index contributed by atoms with van der Waals surface area (Å²) in [6.45, 7) is 6.04. The number of alkyl halides is 3. The number of anilines is 3. The minimum atomic E-state index is -4.63. The molecule has 4 rings (SSSR count). The van der Waals surface area contributed by atoms with E-state index in [9.17, 15) is 22.5 Å². The molecule has 0 spiro atoms. The summed E-state index contributed by atoms with van der Waals surface area (Å²) >= 11 is 0. The van der Waals surface area contributed by atoms with Crippen molar-refractivity contribution < 1.29 is 41.6 Å². The van der Waals surface area contributed by atoms with Crippen LogP contribution in [0.15, 0.2) is 30.3 Å². The molecule has 0 unspecified atom stereocenters. The molecule has 2 fully saturated rings. The van der Waals surface area contributed by atoms with Gasteiger partial charge in [0.1, 0.15) is 11.6 Å². The predicted octanol–water partition coefficient (Wildman–Crippen LogP) is 4.61. The van der Waals surface area contributed by atoms with Gasteiger partial charge >= 0.3 is 20.0 Å². The van der Waals surface area contributed by atoms with E-state index < -0.39 is 38.4 Å². The number of amides is 2. The number of carbonyl (C=O) groups is 1. The maximum Gasteiger partial charge on any atom is 0.469 e. The predicted molar refractivity (Wildman–Crippen MR) is 148 cm³/mol. The van der Waals surface area contributed by atoms with Crippen LogP contribution in [0.1, 0.15) is 25.3 Å². The quantitative estimate of drug-likeness (QED) is 0.304. The second-order valence-electron chi connectivity index (χ2n) is 10.4. The third kappa shape index (κ3) is 9.30. The first kappa shape index (κ1) is 31.0. The van der Waals surface area contributed by atoms with Crippen molar-refractivity contribution in [3.63, 3.8) is 0 Å². The number of morpholine rings is 1. The van der Waals surface area contributed by atoms with Crippen LogP contribution in [0.2, 0.25) is 0 Å². The Balaban J connectivity index is 1.55. The highest BCUT2D eigenvalue weighted by Crippen LogP contribution is 2.36. The molecule has 1 aromatic heterocycles. The first-order chi connectivity index (χ1) is 19.3. The Labute approximate surface area is 236 Å². The Hall–Kier alpha value is -2.90. The Kier molecular flexibility index (Phi) is 9.81. The van der Waals surface area contributed by atoms with Crippen LogP contribution in [0.5, 0.6) is 0 Å². The third-order valence-corrected chi connectivity index (χ3v) is 7.41. The minimum Gasteiger partial charge on any atom is -0.378 e. The van der Waals surface area contributed by atoms with Crippen LogP contribution in [0.4, 0.5) is 35.3 Å². The topological polar surface area (TPSA) is 136 Å². The number of hydrogen-bond donors (Lipinski definition) is 4. The largest absolute Gasteiger partial charge is 0.469 e. The first-order valence-electron chi connectivity index (χ1n) is 13.3. The van der Waals surface area contributed by atoms with E-state index in [0.29, 0.717) is 50.0 Å². The van der Waals surface area contributed by atoms with E-state index in [4.69, 9.17) is 19.5 Å². The highest BCUT2D eigenvalue weighted by atomic mass is 31.2. The van der Waals surface area contributed by atoms with Gasteiger partial charge in [0.2, 0.25) is 0 Å². The number of pyridine rings is 1. The van der Waals surface area contributed by atoms with E-state index in [2.05, 4.69) is 20.1 Å². The molecule has 226 valence electrons. The molecule has 2 atom stereocenters. The number of aromatic nitrogens is 1. The Morgan fingerprint density at radius 2 is 1.95 bits per heavy atom. The number of halogens is 3. The maximum atomic E-state index is 12.9. The molecule has 3 heterocycles. The number of rotatable bonds is 9.